The third-order valence-electron chi connectivity index (χ3n) is 8.01. The summed E-state index contributed by atoms with van der Waals surface area (Å²) in [6, 6.07) is 16.6. The van der Waals surface area contributed by atoms with E-state index in [1.807, 2.05) is 45.3 Å². The van der Waals surface area contributed by atoms with Crippen molar-refractivity contribution in [3.63, 3.8) is 0 Å². The highest BCUT2D eigenvalue weighted by Gasteiger charge is 2.43. The second-order valence-corrected chi connectivity index (χ2v) is 14.9. The van der Waals surface area contributed by atoms with Gasteiger partial charge in [-0.3, -0.25) is 4.90 Å². The van der Waals surface area contributed by atoms with Crippen LogP contribution in [0.5, 0.6) is 11.6 Å². The number of nitriles is 1. The van der Waals surface area contributed by atoms with Crippen LogP contribution in [0.15, 0.2) is 61.1 Å². The SMILES string of the molecule is COc1ccc(CN2CCC(N[S+]([O-])C(C)(C)C)(c3ccc(-c4cc(OCC(C)C)cn5ncc(C#N)c45)cc3)CC2)cn1. The molecule has 5 rings (SSSR count). The Balaban J connectivity index is 1.44. The van der Waals surface area contributed by atoms with E-state index >= 15 is 0 Å². The molecule has 1 atom stereocenters. The van der Waals surface area contributed by atoms with E-state index in [-0.39, 0.29) is 0 Å². The average Bonchev–Trinajstić information content (AvgIpc) is 3.44. The molecule has 0 saturated carbocycles. The van der Waals surface area contributed by atoms with Crippen LogP contribution < -0.4 is 14.2 Å². The number of ether oxygens (including phenoxy) is 2. The van der Waals surface area contributed by atoms with Crippen molar-refractivity contribution in [2.45, 2.75) is 64.3 Å². The molecule has 10 heteroatoms. The van der Waals surface area contributed by atoms with Gasteiger partial charge >= 0.3 is 0 Å². The van der Waals surface area contributed by atoms with Gasteiger partial charge in [-0.15, -0.1) is 4.72 Å². The van der Waals surface area contributed by atoms with Gasteiger partial charge < -0.3 is 14.0 Å². The number of aromatic nitrogens is 3. The number of nitrogens with zero attached hydrogens (tertiary/aromatic N) is 5. The van der Waals surface area contributed by atoms with E-state index in [1.165, 1.54) is 0 Å². The topological polar surface area (TPSA) is 111 Å². The molecule has 0 radical (unpaired) electrons. The number of benzene rings is 1. The third kappa shape index (κ3) is 7.02. The second-order valence-electron chi connectivity index (χ2n) is 12.9. The molecule has 0 spiro atoms. The summed E-state index contributed by atoms with van der Waals surface area (Å²) in [5.74, 6) is 1.69. The second kappa shape index (κ2) is 13.2. The molecular formula is C34H42N6O3S. The molecule has 4 aromatic rings. The Labute approximate surface area is 263 Å². The van der Waals surface area contributed by atoms with Gasteiger partial charge in [-0.05, 0) is 62.3 Å². The fourth-order valence-corrected chi connectivity index (χ4v) is 6.45. The van der Waals surface area contributed by atoms with E-state index in [9.17, 15) is 9.81 Å². The molecule has 44 heavy (non-hydrogen) atoms. The Bertz CT molecular complexity index is 1600. The van der Waals surface area contributed by atoms with Gasteiger partial charge in [0.15, 0.2) is 0 Å². The number of likely N-dealkylation sites (tertiary alicyclic amines) is 1. The number of hydrogen-bond donors (Lipinski definition) is 1. The van der Waals surface area contributed by atoms with Gasteiger partial charge in [-0.2, -0.15) is 10.4 Å². The van der Waals surface area contributed by atoms with Crippen molar-refractivity contribution in [2.75, 3.05) is 26.8 Å². The van der Waals surface area contributed by atoms with Crippen molar-refractivity contribution in [2.24, 2.45) is 5.92 Å². The normalized spacial score (nSPS) is 16.2. The van der Waals surface area contributed by atoms with E-state index in [4.69, 9.17) is 9.47 Å². The zero-order valence-corrected chi connectivity index (χ0v) is 27.3. The largest absolute Gasteiger partial charge is 0.598 e. The summed E-state index contributed by atoms with van der Waals surface area (Å²) >= 11 is -1.25. The van der Waals surface area contributed by atoms with Crippen LogP contribution in [-0.4, -0.2) is 55.6 Å². The number of rotatable bonds is 10. The molecule has 3 aromatic heterocycles. The quantitative estimate of drug-likeness (QED) is 0.221. The molecule has 0 amide bonds. The molecule has 9 nitrogen and oxygen atoms in total. The molecule has 1 saturated heterocycles. The van der Waals surface area contributed by atoms with E-state index in [2.05, 4.69) is 70.0 Å². The standard InChI is InChI=1S/C34H42N6O3S/c1-24(2)23-43-29-17-30(32-27(18-35)20-37-40(32)22-29)26-8-10-28(11-9-26)34(38-44(41)33(3,4)5)13-15-39(16-14-34)21-25-7-12-31(42-6)36-19-25/h7-12,17,19-20,22,24,38H,13-16,21,23H2,1-6H3. The first-order chi connectivity index (χ1) is 21.0. The third-order valence-corrected chi connectivity index (χ3v) is 9.69. The summed E-state index contributed by atoms with van der Waals surface area (Å²) < 4.78 is 29.6. The molecule has 1 N–H and O–H groups in total. The van der Waals surface area contributed by atoms with Crippen LogP contribution in [0, 0.1) is 17.2 Å². The Morgan fingerprint density at radius 1 is 1.11 bits per heavy atom. The summed E-state index contributed by atoms with van der Waals surface area (Å²) in [6.07, 6.45) is 6.90. The number of piperidine rings is 1. The fraction of sp³-hybridized carbons (Fsp3) is 0.441. The molecule has 232 valence electrons. The molecule has 1 fully saturated rings. The number of fused-ring (bicyclic) bond motifs is 1. The number of pyridine rings is 2. The summed E-state index contributed by atoms with van der Waals surface area (Å²) in [4.78, 5) is 6.77. The maximum Gasteiger partial charge on any atom is 0.212 e. The highest BCUT2D eigenvalue weighted by Crippen LogP contribution is 2.38. The zero-order chi connectivity index (χ0) is 31.5. The Morgan fingerprint density at radius 3 is 2.43 bits per heavy atom. The maximum atomic E-state index is 13.5. The lowest BCUT2D eigenvalue weighted by molar-refractivity contribution is 0.144. The van der Waals surface area contributed by atoms with Crippen molar-refractivity contribution in [3.8, 4) is 28.8 Å². The summed E-state index contributed by atoms with van der Waals surface area (Å²) in [5.41, 5.74) is 4.89. The highest BCUT2D eigenvalue weighted by atomic mass is 32.2. The van der Waals surface area contributed by atoms with Gasteiger partial charge in [0.05, 0.1) is 42.7 Å². The molecule has 0 aliphatic carbocycles. The van der Waals surface area contributed by atoms with Crippen LogP contribution in [0.3, 0.4) is 0 Å². The van der Waals surface area contributed by atoms with Crippen molar-refractivity contribution in [1.29, 1.82) is 5.26 Å². The molecule has 1 aliphatic heterocycles. The molecule has 1 aliphatic rings. The average molecular weight is 615 g/mol. The Morgan fingerprint density at radius 2 is 1.84 bits per heavy atom. The van der Waals surface area contributed by atoms with Crippen molar-refractivity contribution >= 4 is 16.9 Å². The van der Waals surface area contributed by atoms with Gasteiger partial charge in [0, 0.05) is 48.8 Å². The van der Waals surface area contributed by atoms with Crippen LogP contribution in [-0.2, 0) is 23.4 Å². The Kier molecular flexibility index (Phi) is 9.51. The van der Waals surface area contributed by atoms with E-state index in [0.29, 0.717) is 29.7 Å². The van der Waals surface area contributed by atoms with Gasteiger partial charge in [0.2, 0.25) is 5.88 Å². The van der Waals surface area contributed by atoms with Gasteiger partial charge in [-0.25, -0.2) is 9.50 Å². The van der Waals surface area contributed by atoms with E-state index in [1.54, 1.807) is 17.8 Å². The van der Waals surface area contributed by atoms with E-state index in [0.717, 1.165) is 60.2 Å². The first-order valence-corrected chi connectivity index (χ1v) is 16.2. The van der Waals surface area contributed by atoms with E-state index < -0.39 is 21.6 Å². The highest BCUT2D eigenvalue weighted by molar-refractivity contribution is 7.90. The van der Waals surface area contributed by atoms with Crippen molar-refractivity contribution in [3.05, 3.63) is 77.7 Å². The summed E-state index contributed by atoms with van der Waals surface area (Å²) in [7, 11) is 1.62. The predicted molar refractivity (Wildman–Crippen MR) is 174 cm³/mol. The lowest BCUT2D eigenvalue weighted by Crippen LogP contribution is -2.56. The molecule has 0 bridgehead atoms. The molecule has 1 aromatic carbocycles. The van der Waals surface area contributed by atoms with Crippen LogP contribution in [0.4, 0.5) is 0 Å². The minimum absolute atomic E-state index is 0.377. The van der Waals surface area contributed by atoms with Gasteiger partial charge in [0.25, 0.3) is 0 Å². The predicted octanol–water partition coefficient (Wildman–Crippen LogP) is 5.85. The monoisotopic (exact) mass is 614 g/mol. The van der Waals surface area contributed by atoms with Gasteiger partial charge in [-0.1, -0.05) is 44.2 Å². The number of methoxy groups -OCH3 is 1. The lowest BCUT2D eigenvalue weighted by atomic mass is 9.81. The number of nitrogens with one attached hydrogen (secondary N) is 1. The minimum Gasteiger partial charge on any atom is -0.598 e. The van der Waals surface area contributed by atoms with Crippen LogP contribution in [0.25, 0.3) is 16.6 Å². The summed E-state index contributed by atoms with van der Waals surface area (Å²) in [6.45, 7) is 13.3. The van der Waals surface area contributed by atoms with Crippen LogP contribution in [0.2, 0.25) is 0 Å². The Hall–Kier alpha value is -3.62. The maximum absolute atomic E-state index is 13.5. The summed E-state index contributed by atoms with van der Waals surface area (Å²) in [5, 5.41) is 14.2. The first kappa shape index (κ1) is 31.8. The lowest BCUT2D eigenvalue weighted by Gasteiger charge is -2.43. The van der Waals surface area contributed by atoms with Crippen molar-refractivity contribution in [1.82, 2.24) is 24.2 Å². The van der Waals surface area contributed by atoms with Crippen LogP contribution >= 0.6 is 0 Å². The fourth-order valence-electron chi connectivity index (χ4n) is 5.47. The molecular weight excluding hydrogens is 572 g/mol. The smallest absolute Gasteiger partial charge is 0.212 e. The van der Waals surface area contributed by atoms with Gasteiger partial charge in [0.1, 0.15) is 16.6 Å². The van der Waals surface area contributed by atoms with Crippen LogP contribution in [0.1, 0.15) is 64.2 Å². The molecule has 4 heterocycles. The molecule has 1 unspecified atom stereocenters. The minimum atomic E-state index is -1.25. The first-order valence-electron chi connectivity index (χ1n) is 15.1. The van der Waals surface area contributed by atoms with Crippen molar-refractivity contribution < 1.29 is 14.0 Å². The number of hydrogen-bond acceptors (Lipinski definition) is 8. The zero-order valence-electron chi connectivity index (χ0n) is 26.5.